The fourth-order valence-electron chi connectivity index (χ4n) is 4.17. The minimum atomic E-state index is 0.780. The topological polar surface area (TPSA) is 0 Å². The molecule has 0 saturated heterocycles. The lowest BCUT2D eigenvalue weighted by molar-refractivity contribution is 0.158. The predicted octanol–water partition coefficient (Wildman–Crippen LogP) is 5.56. The SMILES string of the molecule is CC(C)C1CCCCC2(CCCCCC2)C1. The van der Waals surface area contributed by atoms with E-state index >= 15 is 0 Å². The highest BCUT2D eigenvalue weighted by atomic mass is 14.4. The van der Waals surface area contributed by atoms with Crippen molar-refractivity contribution in [3.05, 3.63) is 0 Å². The Morgan fingerprint density at radius 3 is 1.94 bits per heavy atom. The van der Waals surface area contributed by atoms with E-state index in [0.29, 0.717) is 0 Å². The summed E-state index contributed by atoms with van der Waals surface area (Å²) in [6.45, 7) is 4.89. The van der Waals surface area contributed by atoms with Crippen LogP contribution in [-0.4, -0.2) is 0 Å². The molecule has 16 heavy (non-hydrogen) atoms. The normalized spacial score (nSPS) is 31.3. The van der Waals surface area contributed by atoms with Gasteiger partial charge in [-0.05, 0) is 42.9 Å². The zero-order chi connectivity index (χ0) is 11.4. The molecule has 1 spiro atoms. The summed E-state index contributed by atoms with van der Waals surface area (Å²) in [6, 6.07) is 0. The summed E-state index contributed by atoms with van der Waals surface area (Å²) < 4.78 is 0. The lowest BCUT2D eigenvalue weighted by Gasteiger charge is -2.35. The third-order valence-electron chi connectivity index (χ3n) is 5.33. The van der Waals surface area contributed by atoms with E-state index < -0.39 is 0 Å². The molecule has 2 rings (SSSR count). The molecule has 0 amide bonds. The smallest absolute Gasteiger partial charge is 0.0295 e. The summed E-state index contributed by atoms with van der Waals surface area (Å²) in [5.74, 6) is 1.94. The van der Waals surface area contributed by atoms with E-state index in [9.17, 15) is 0 Å². The van der Waals surface area contributed by atoms with Gasteiger partial charge >= 0.3 is 0 Å². The van der Waals surface area contributed by atoms with Crippen LogP contribution in [0.1, 0.15) is 84.5 Å². The number of rotatable bonds is 1. The standard InChI is InChI=1S/C16H30/c1-14(2)15-9-5-8-12-16(13-15)10-6-3-4-7-11-16/h14-15H,3-13H2,1-2H3. The molecule has 0 aromatic rings. The molecule has 0 aromatic carbocycles. The minimum absolute atomic E-state index is 0.780. The zero-order valence-corrected chi connectivity index (χ0v) is 11.4. The van der Waals surface area contributed by atoms with Gasteiger partial charge in [-0.3, -0.25) is 0 Å². The van der Waals surface area contributed by atoms with E-state index in [1.807, 2.05) is 0 Å². The molecule has 0 heterocycles. The van der Waals surface area contributed by atoms with Gasteiger partial charge in [-0.1, -0.05) is 58.8 Å². The van der Waals surface area contributed by atoms with Crippen LogP contribution in [0.5, 0.6) is 0 Å². The average molecular weight is 222 g/mol. The molecule has 0 nitrogen and oxygen atoms in total. The molecular weight excluding hydrogens is 192 g/mol. The van der Waals surface area contributed by atoms with Crippen LogP contribution in [0.3, 0.4) is 0 Å². The third-order valence-corrected chi connectivity index (χ3v) is 5.33. The highest BCUT2D eigenvalue weighted by molar-refractivity contribution is 4.87. The van der Waals surface area contributed by atoms with Gasteiger partial charge in [0.1, 0.15) is 0 Å². The summed E-state index contributed by atoms with van der Waals surface area (Å²) >= 11 is 0. The van der Waals surface area contributed by atoms with Crippen molar-refractivity contribution in [3.8, 4) is 0 Å². The molecule has 0 heteroatoms. The Labute approximate surface area is 102 Å². The fourth-order valence-corrected chi connectivity index (χ4v) is 4.17. The van der Waals surface area contributed by atoms with Crippen LogP contribution in [0, 0.1) is 17.3 Å². The Balaban J connectivity index is 2.04. The first kappa shape index (κ1) is 12.5. The summed E-state index contributed by atoms with van der Waals surface area (Å²) in [6.07, 6.45) is 16.8. The number of hydrogen-bond donors (Lipinski definition) is 0. The molecule has 0 radical (unpaired) electrons. The van der Waals surface area contributed by atoms with Crippen molar-refractivity contribution in [3.63, 3.8) is 0 Å². The summed E-state index contributed by atoms with van der Waals surface area (Å²) in [5.41, 5.74) is 0.780. The molecule has 0 bridgehead atoms. The van der Waals surface area contributed by atoms with E-state index in [-0.39, 0.29) is 0 Å². The van der Waals surface area contributed by atoms with Crippen molar-refractivity contribution in [1.82, 2.24) is 0 Å². The first-order valence-corrected chi connectivity index (χ1v) is 7.72. The first-order valence-electron chi connectivity index (χ1n) is 7.72. The van der Waals surface area contributed by atoms with Gasteiger partial charge in [0.2, 0.25) is 0 Å². The first-order chi connectivity index (χ1) is 7.72. The molecule has 2 aliphatic rings. The van der Waals surface area contributed by atoms with Crippen LogP contribution in [0.15, 0.2) is 0 Å². The quantitative estimate of drug-likeness (QED) is 0.544. The molecular formula is C16H30. The Kier molecular flexibility index (Phi) is 4.33. The van der Waals surface area contributed by atoms with Crippen molar-refractivity contribution in [2.24, 2.45) is 17.3 Å². The van der Waals surface area contributed by atoms with E-state index in [1.165, 1.54) is 44.9 Å². The Morgan fingerprint density at radius 1 is 0.812 bits per heavy atom. The Bertz CT molecular complexity index is 191. The largest absolute Gasteiger partial charge is 0.0625 e. The van der Waals surface area contributed by atoms with Crippen LogP contribution in [0.2, 0.25) is 0 Å². The predicted molar refractivity (Wildman–Crippen MR) is 71.5 cm³/mol. The minimum Gasteiger partial charge on any atom is -0.0625 e. The lowest BCUT2D eigenvalue weighted by Crippen LogP contribution is -2.24. The van der Waals surface area contributed by atoms with Crippen molar-refractivity contribution >= 4 is 0 Å². The molecule has 1 atom stereocenters. The van der Waals surface area contributed by atoms with Crippen LogP contribution < -0.4 is 0 Å². The van der Waals surface area contributed by atoms with Crippen molar-refractivity contribution in [2.45, 2.75) is 84.5 Å². The van der Waals surface area contributed by atoms with Gasteiger partial charge in [0.15, 0.2) is 0 Å². The molecule has 0 N–H and O–H groups in total. The highest BCUT2D eigenvalue weighted by Crippen LogP contribution is 2.48. The maximum Gasteiger partial charge on any atom is -0.0295 e. The maximum atomic E-state index is 2.44. The fraction of sp³-hybridized carbons (Fsp3) is 1.00. The van der Waals surface area contributed by atoms with Gasteiger partial charge in [0, 0.05) is 0 Å². The van der Waals surface area contributed by atoms with Crippen molar-refractivity contribution in [2.75, 3.05) is 0 Å². The van der Waals surface area contributed by atoms with Gasteiger partial charge < -0.3 is 0 Å². The second kappa shape index (κ2) is 5.56. The monoisotopic (exact) mass is 222 g/mol. The second-order valence-corrected chi connectivity index (χ2v) is 6.87. The van der Waals surface area contributed by atoms with Crippen LogP contribution in [-0.2, 0) is 0 Å². The van der Waals surface area contributed by atoms with Crippen LogP contribution >= 0.6 is 0 Å². The zero-order valence-electron chi connectivity index (χ0n) is 11.4. The molecule has 1 unspecified atom stereocenters. The summed E-state index contributed by atoms with van der Waals surface area (Å²) in [5, 5.41) is 0. The van der Waals surface area contributed by atoms with Gasteiger partial charge in [0.05, 0.1) is 0 Å². The molecule has 0 aromatic heterocycles. The summed E-state index contributed by atoms with van der Waals surface area (Å²) in [4.78, 5) is 0. The molecule has 2 aliphatic carbocycles. The van der Waals surface area contributed by atoms with E-state index in [2.05, 4.69) is 13.8 Å². The van der Waals surface area contributed by atoms with Gasteiger partial charge in [-0.25, -0.2) is 0 Å². The van der Waals surface area contributed by atoms with Gasteiger partial charge in [-0.2, -0.15) is 0 Å². The summed E-state index contributed by atoms with van der Waals surface area (Å²) in [7, 11) is 0. The van der Waals surface area contributed by atoms with E-state index in [4.69, 9.17) is 0 Å². The van der Waals surface area contributed by atoms with Crippen LogP contribution in [0.4, 0.5) is 0 Å². The van der Waals surface area contributed by atoms with Gasteiger partial charge in [-0.15, -0.1) is 0 Å². The van der Waals surface area contributed by atoms with Gasteiger partial charge in [0.25, 0.3) is 0 Å². The molecule has 2 saturated carbocycles. The lowest BCUT2D eigenvalue weighted by atomic mass is 9.70. The Morgan fingerprint density at radius 2 is 1.38 bits per heavy atom. The van der Waals surface area contributed by atoms with E-state index in [0.717, 1.165) is 17.3 Å². The molecule has 2 fully saturated rings. The van der Waals surface area contributed by atoms with Crippen molar-refractivity contribution in [1.29, 1.82) is 0 Å². The van der Waals surface area contributed by atoms with Crippen LogP contribution in [0.25, 0.3) is 0 Å². The van der Waals surface area contributed by atoms with Crippen molar-refractivity contribution < 1.29 is 0 Å². The maximum absolute atomic E-state index is 2.44. The Hall–Kier alpha value is 0. The highest BCUT2D eigenvalue weighted by Gasteiger charge is 2.35. The number of hydrogen-bond acceptors (Lipinski definition) is 0. The third kappa shape index (κ3) is 3.02. The average Bonchev–Trinajstić information content (AvgIpc) is 2.60. The second-order valence-electron chi connectivity index (χ2n) is 6.87. The molecule has 94 valence electrons. The van der Waals surface area contributed by atoms with E-state index in [1.54, 1.807) is 25.7 Å². The molecule has 0 aliphatic heterocycles.